The second-order valence-electron chi connectivity index (χ2n) is 8.30. The topological polar surface area (TPSA) is 81.7 Å². The van der Waals surface area contributed by atoms with Crippen molar-refractivity contribution in [3.8, 4) is 11.5 Å². The van der Waals surface area contributed by atoms with Crippen molar-refractivity contribution in [2.24, 2.45) is 0 Å². The second kappa shape index (κ2) is 9.53. The van der Waals surface area contributed by atoms with E-state index in [0.717, 1.165) is 51.5 Å². The first kappa shape index (κ1) is 24.7. The molecule has 1 aliphatic rings. The number of anilines is 1. The number of alkyl halides is 1. The lowest BCUT2D eigenvalue weighted by atomic mass is 9.88. The summed E-state index contributed by atoms with van der Waals surface area (Å²) in [6.45, 7) is 9.45. The number of carbonyl (C=O) groups excluding carboxylic acids is 1. The van der Waals surface area contributed by atoms with E-state index in [1.54, 1.807) is 23.9 Å². The van der Waals surface area contributed by atoms with Gasteiger partial charge in [0.2, 0.25) is 10.0 Å². The number of hydrogen-bond donors (Lipinski definition) is 1. The molecule has 0 aromatic heterocycles. The first-order valence-electron chi connectivity index (χ1n) is 10.2. The van der Waals surface area contributed by atoms with Gasteiger partial charge >= 0.3 is 5.97 Å². The van der Waals surface area contributed by atoms with Gasteiger partial charge in [-0.3, -0.25) is 9.52 Å². The van der Waals surface area contributed by atoms with Crippen molar-refractivity contribution >= 4 is 45.0 Å². The molecule has 1 heterocycles. The quantitative estimate of drug-likeness (QED) is 0.240. The fraction of sp³-hybridized carbons (Fsp3) is 0.435. The van der Waals surface area contributed by atoms with Crippen LogP contribution in [0.5, 0.6) is 11.5 Å². The Labute approximate surface area is 199 Å². The van der Waals surface area contributed by atoms with Crippen molar-refractivity contribution in [1.29, 1.82) is 0 Å². The summed E-state index contributed by atoms with van der Waals surface area (Å²) in [4.78, 5) is 12.5. The highest BCUT2D eigenvalue weighted by molar-refractivity contribution is 7.99. The number of ether oxygens (including phenoxy) is 2. The first-order chi connectivity index (χ1) is 14.9. The van der Waals surface area contributed by atoms with Crippen molar-refractivity contribution in [3.63, 3.8) is 0 Å². The van der Waals surface area contributed by atoms with Crippen molar-refractivity contribution in [2.45, 2.75) is 58.0 Å². The van der Waals surface area contributed by atoms with Crippen LogP contribution in [-0.4, -0.2) is 31.0 Å². The van der Waals surface area contributed by atoms with Crippen LogP contribution in [-0.2, 0) is 21.2 Å². The number of benzene rings is 2. The normalized spacial score (nSPS) is 17.9. The van der Waals surface area contributed by atoms with Gasteiger partial charge in [0.15, 0.2) is 0 Å². The Balaban J connectivity index is 1.74. The highest BCUT2D eigenvalue weighted by atomic mass is 35.5. The number of thioether (sulfide) groups is 1. The molecule has 1 unspecified atom stereocenters. The number of fused-ring (bicyclic) bond motifs is 1. The van der Waals surface area contributed by atoms with Crippen LogP contribution in [0.25, 0.3) is 0 Å². The van der Waals surface area contributed by atoms with Gasteiger partial charge in [-0.2, -0.15) is 0 Å². The average molecular weight is 498 g/mol. The Morgan fingerprint density at radius 3 is 2.44 bits per heavy atom. The number of esters is 1. The van der Waals surface area contributed by atoms with Crippen LogP contribution < -0.4 is 14.2 Å². The molecule has 1 aliphatic heterocycles. The summed E-state index contributed by atoms with van der Waals surface area (Å²) in [5.74, 6) is 1.94. The molecule has 1 atom stereocenters. The van der Waals surface area contributed by atoms with Crippen LogP contribution in [0.4, 0.5) is 5.69 Å². The minimum absolute atomic E-state index is 0.324. The Kier molecular flexibility index (Phi) is 7.37. The molecule has 1 N–H and O–H groups in total. The molecule has 0 bridgehead atoms. The third kappa shape index (κ3) is 5.53. The molecule has 2 aromatic carbocycles. The Hall–Kier alpha value is -1.90. The van der Waals surface area contributed by atoms with E-state index >= 15 is 0 Å². The van der Waals surface area contributed by atoms with E-state index in [-0.39, 0.29) is 11.6 Å². The SMILES string of the molecule is CC(=O)Oc1c(C)c(C)c2c(c1C)CCC(C)(CSc1ccc(NS(=O)(=O)CCl)cc1)O2. The molecule has 2 aromatic rings. The van der Waals surface area contributed by atoms with Gasteiger partial charge in [-0.05, 0) is 81.5 Å². The van der Waals surface area contributed by atoms with Crippen molar-refractivity contribution in [2.75, 3.05) is 15.7 Å². The lowest BCUT2D eigenvalue weighted by molar-refractivity contribution is -0.132. The standard InChI is InChI=1S/C23H28ClNO5S2/c1-14-15(2)22-20(16(3)21(14)29-17(4)26)10-11-23(5,30-22)12-31-19-8-6-18(7-9-19)25-32(27,28)13-24/h6-9,25H,10-13H2,1-5H3. The molecule has 9 heteroatoms. The van der Waals surface area contributed by atoms with Gasteiger partial charge in [0.1, 0.15) is 22.3 Å². The van der Waals surface area contributed by atoms with Crippen LogP contribution in [0.2, 0.25) is 0 Å². The van der Waals surface area contributed by atoms with Crippen LogP contribution >= 0.6 is 23.4 Å². The molecule has 0 saturated heterocycles. The summed E-state index contributed by atoms with van der Waals surface area (Å²) >= 11 is 7.09. The Morgan fingerprint density at radius 1 is 1.19 bits per heavy atom. The maximum atomic E-state index is 11.6. The Morgan fingerprint density at radius 2 is 1.84 bits per heavy atom. The zero-order chi connectivity index (χ0) is 23.7. The van der Waals surface area contributed by atoms with Gasteiger partial charge in [-0.25, -0.2) is 8.42 Å². The Bertz CT molecular complexity index is 1130. The highest BCUT2D eigenvalue weighted by Gasteiger charge is 2.35. The fourth-order valence-corrected chi connectivity index (χ4v) is 5.46. The lowest BCUT2D eigenvalue weighted by Gasteiger charge is -2.38. The van der Waals surface area contributed by atoms with Gasteiger partial charge in [0.25, 0.3) is 0 Å². The number of halogens is 1. The zero-order valence-corrected chi connectivity index (χ0v) is 21.3. The number of rotatable bonds is 7. The third-order valence-corrected chi connectivity index (χ3v) is 8.68. The average Bonchev–Trinajstić information content (AvgIpc) is 2.74. The lowest BCUT2D eigenvalue weighted by Crippen LogP contribution is -2.39. The molecule has 32 heavy (non-hydrogen) atoms. The minimum Gasteiger partial charge on any atom is -0.486 e. The number of hydrogen-bond acceptors (Lipinski definition) is 6. The molecular formula is C23H28ClNO5S2. The molecule has 0 aliphatic carbocycles. The van der Waals surface area contributed by atoms with E-state index in [4.69, 9.17) is 21.1 Å². The largest absolute Gasteiger partial charge is 0.486 e. The number of carbonyl (C=O) groups is 1. The molecule has 6 nitrogen and oxygen atoms in total. The predicted octanol–water partition coefficient (Wildman–Crippen LogP) is 5.35. The minimum atomic E-state index is -3.51. The maximum absolute atomic E-state index is 11.6. The van der Waals surface area contributed by atoms with Crippen molar-refractivity contribution in [1.82, 2.24) is 0 Å². The molecule has 0 radical (unpaired) electrons. The van der Waals surface area contributed by atoms with E-state index in [0.29, 0.717) is 11.4 Å². The van der Waals surface area contributed by atoms with Gasteiger partial charge < -0.3 is 9.47 Å². The van der Waals surface area contributed by atoms with Gasteiger partial charge in [-0.15, -0.1) is 23.4 Å². The molecular weight excluding hydrogens is 470 g/mol. The van der Waals surface area contributed by atoms with Gasteiger partial charge in [-0.1, -0.05) is 0 Å². The van der Waals surface area contributed by atoms with Gasteiger partial charge in [0.05, 0.1) is 0 Å². The summed E-state index contributed by atoms with van der Waals surface area (Å²) in [5.41, 5.74) is 4.10. The third-order valence-electron chi connectivity index (χ3n) is 5.62. The monoisotopic (exact) mass is 497 g/mol. The summed E-state index contributed by atoms with van der Waals surface area (Å²) in [6, 6.07) is 7.20. The predicted molar refractivity (Wildman–Crippen MR) is 130 cm³/mol. The second-order valence-corrected chi connectivity index (χ2v) is 11.7. The molecule has 0 spiro atoms. The van der Waals surface area contributed by atoms with Crippen LogP contribution in [0.3, 0.4) is 0 Å². The van der Waals surface area contributed by atoms with Crippen LogP contribution in [0, 0.1) is 20.8 Å². The van der Waals surface area contributed by atoms with E-state index in [9.17, 15) is 13.2 Å². The summed E-state index contributed by atoms with van der Waals surface area (Å²) < 4.78 is 37.6. The molecule has 174 valence electrons. The van der Waals surface area contributed by atoms with Crippen molar-refractivity contribution < 1.29 is 22.7 Å². The van der Waals surface area contributed by atoms with Crippen LogP contribution in [0.15, 0.2) is 29.2 Å². The molecule has 3 rings (SSSR count). The summed E-state index contributed by atoms with van der Waals surface area (Å²) in [7, 11) is -3.51. The molecule has 0 amide bonds. The van der Waals surface area contributed by atoms with E-state index in [1.807, 2.05) is 32.9 Å². The van der Waals surface area contributed by atoms with E-state index < -0.39 is 15.2 Å². The maximum Gasteiger partial charge on any atom is 0.308 e. The van der Waals surface area contributed by atoms with Gasteiger partial charge in [0, 0.05) is 28.8 Å². The van der Waals surface area contributed by atoms with E-state index in [2.05, 4.69) is 11.6 Å². The summed E-state index contributed by atoms with van der Waals surface area (Å²) in [5, 5.41) is -0.485. The van der Waals surface area contributed by atoms with E-state index in [1.165, 1.54) is 6.92 Å². The highest BCUT2D eigenvalue weighted by Crippen LogP contribution is 2.45. The molecule has 0 fully saturated rings. The zero-order valence-electron chi connectivity index (χ0n) is 18.9. The molecule has 0 saturated carbocycles. The van der Waals surface area contributed by atoms with Crippen molar-refractivity contribution in [3.05, 3.63) is 46.5 Å². The first-order valence-corrected chi connectivity index (χ1v) is 13.4. The number of sulfonamides is 1. The summed E-state index contributed by atoms with van der Waals surface area (Å²) in [6.07, 6.45) is 1.68. The fourth-order valence-electron chi connectivity index (χ4n) is 3.74. The van der Waals surface area contributed by atoms with Crippen LogP contribution in [0.1, 0.15) is 42.5 Å². The number of nitrogens with one attached hydrogen (secondary N) is 1. The smallest absolute Gasteiger partial charge is 0.308 e.